The summed E-state index contributed by atoms with van der Waals surface area (Å²) in [6.45, 7) is 14.5. The minimum atomic E-state index is -1.99. The number of phenols is 2. The number of phenolic OH excluding ortho intramolecular Hbond substituents is 2. The molecule has 348 valence electrons. The Morgan fingerprint density at radius 3 is 2.25 bits per heavy atom. The molecular weight excluding hydrogens is 829 g/mol. The smallest absolute Gasteiger partial charge is 0.312 e. The maximum absolute atomic E-state index is 14.8. The molecule has 0 radical (unpaired) electrons. The second-order valence-electron chi connectivity index (χ2n) is 17.8. The fourth-order valence-corrected chi connectivity index (χ4v) is 9.27. The number of carbonyl (C=O) groups is 4. The van der Waals surface area contributed by atoms with Gasteiger partial charge >= 0.3 is 17.7 Å². The van der Waals surface area contributed by atoms with E-state index in [9.17, 15) is 39.6 Å². The number of nitrogens with zero attached hydrogens (tertiary/aromatic N) is 3. The second-order valence-corrected chi connectivity index (χ2v) is 17.8. The van der Waals surface area contributed by atoms with E-state index in [1.54, 1.807) is 52.8 Å². The van der Waals surface area contributed by atoms with Crippen LogP contribution in [0.4, 0.5) is 5.69 Å². The fourth-order valence-electron chi connectivity index (χ4n) is 9.27. The van der Waals surface area contributed by atoms with Crippen molar-refractivity contribution in [3.8, 4) is 17.2 Å². The largest absolute Gasteiger partial charge is 0.507 e. The summed E-state index contributed by atoms with van der Waals surface area (Å²) in [6.07, 6.45) is 5.54. The van der Waals surface area contributed by atoms with Crippen LogP contribution in [0.15, 0.2) is 46.1 Å². The number of carbonyl (C=O) groups excluding carboxylic acids is 4. The Morgan fingerprint density at radius 2 is 1.61 bits per heavy atom. The summed E-state index contributed by atoms with van der Waals surface area (Å²) in [4.78, 5) is 65.3. The van der Waals surface area contributed by atoms with Gasteiger partial charge in [-0.15, -0.1) is 0 Å². The number of aliphatic hydroxyl groups excluding tert-OH is 2. The number of amides is 1. The molecule has 1 saturated heterocycles. The van der Waals surface area contributed by atoms with Crippen LogP contribution in [0.2, 0.25) is 0 Å². The molecule has 9 atom stereocenters. The molecule has 4 heterocycles. The zero-order chi connectivity index (χ0) is 47.0. The number of methoxy groups -OCH3 is 2. The van der Waals surface area contributed by atoms with Crippen LogP contribution >= 0.6 is 0 Å². The number of aliphatic hydroxyl groups is 2. The van der Waals surface area contributed by atoms with Crippen molar-refractivity contribution in [1.29, 1.82) is 0 Å². The highest BCUT2D eigenvalue weighted by Gasteiger charge is 2.50. The van der Waals surface area contributed by atoms with Crippen molar-refractivity contribution in [2.75, 3.05) is 39.2 Å². The van der Waals surface area contributed by atoms with Crippen LogP contribution in [-0.4, -0.2) is 119 Å². The van der Waals surface area contributed by atoms with E-state index >= 15 is 0 Å². The summed E-state index contributed by atoms with van der Waals surface area (Å²) in [5.74, 6) is -7.48. The van der Waals surface area contributed by atoms with Gasteiger partial charge in [-0.1, -0.05) is 45.9 Å². The van der Waals surface area contributed by atoms with Gasteiger partial charge < -0.3 is 54.3 Å². The predicted octanol–water partition coefficient (Wildman–Crippen LogP) is 4.05. The molecule has 0 saturated carbocycles. The molecule has 0 unspecified atom stereocenters. The number of esters is 2. The normalized spacial score (nSPS) is 31.5. The quantitative estimate of drug-likeness (QED) is 0.204. The molecule has 5 N–H and O–H groups in total. The number of Topliss-reactive ketones (excluding diaryl/α,β-unsaturated/α-hetero) is 1. The number of fused-ring (bicyclic) bond motifs is 1. The summed E-state index contributed by atoms with van der Waals surface area (Å²) in [7, 11) is 2.81. The third kappa shape index (κ3) is 9.12. The van der Waals surface area contributed by atoms with Crippen LogP contribution in [0.5, 0.6) is 17.2 Å². The first kappa shape index (κ1) is 48.1. The van der Waals surface area contributed by atoms with Crippen LogP contribution in [-0.2, 0) is 33.3 Å². The van der Waals surface area contributed by atoms with E-state index in [0.29, 0.717) is 38.9 Å². The molecule has 2 aromatic carbocycles. The number of hydrogen-bond acceptors (Lipinski definition) is 16. The van der Waals surface area contributed by atoms with Gasteiger partial charge in [-0.05, 0) is 32.9 Å². The predicted molar refractivity (Wildman–Crippen MR) is 234 cm³/mol. The lowest BCUT2D eigenvalue weighted by Gasteiger charge is -2.38. The monoisotopic (exact) mass is 890 g/mol. The zero-order valence-corrected chi connectivity index (χ0v) is 38.3. The van der Waals surface area contributed by atoms with Crippen molar-refractivity contribution >= 4 is 40.1 Å². The van der Waals surface area contributed by atoms with Crippen molar-refractivity contribution in [2.45, 2.75) is 117 Å². The second kappa shape index (κ2) is 19.0. The Kier molecular flexibility index (Phi) is 14.3. The van der Waals surface area contributed by atoms with Gasteiger partial charge in [0.2, 0.25) is 0 Å². The minimum Gasteiger partial charge on any atom is -0.507 e. The van der Waals surface area contributed by atoms with Gasteiger partial charge in [0.25, 0.3) is 11.7 Å². The molecule has 4 aliphatic rings. The van der Waals surface area contributed by atoms with Crippen molar-refractivity contribution in [3.63, 3.8) is 0 Å². The molecule has 2 aromatic rings. The summed E-state index contributed by atoms with van der Waals surface area (Å²) in [6, 6.07) is 0. The minimum absolute atomic E-state index is 0.00244. The third-order valence-electron chi connectivity index (χ3n) is 13.3. The third-order valence-corrected chi connectivity index (χ3v) is 13.3. The van der Waals surface area contributed by atoms with Crippen LogP contribution in [0, 0.1) is 30.6 Å². The van der Waals surface area contributed by atoms with Gasteiger partial charge in [0.1, 0.15) is 28.6 Å². The molecule has 0 aromatic heterocycles. The number of benzene rings is 2. The van der Waals surface area contributed by atoms with Crippen molar-refractivity contribution in [3.05, 3.63) is 58.0 Å². The maximum atomic E-state index is 14.8. The molecule has 4 aliphatic heterocycles. The number of allylic oxidation sites excluding steroid dienone is 2. The number of likely N-dealkylation sites (tertiary alicyclic amines) is 1. The molecule has 0 aliphatic carbocycles. The summed E-state index contributed by atoms with van der Waals surface area (Å²) >= 11 is 0. The maximum Gasteiger partial charge on any atom is 0.312 e. The molecule has 64 heavy (non-hydrogen) atoms. The van der Waals surface area contributed by atoms with E-state index in [0.717, 1.165) is 0 Å². The lowest BCUT2D eigenvalue weighted by atomic mass is 9.78. The molecule has 6 rings (SSSR count). The summed E-state index contributed by atoms with van der Waals surface area (Å²) in [5.41, 5.74) is -0.807. The number of nitrogens with one attached hydrogen (secondary N) is 1. The highest BCUT2D eigenvalue weighted by atomic mass is 16.7. The van der Waals surface area contributed by atoms with Gasteiger partial charge in [0, 0.05) is 93.5 Å². The Bertz CT molecular complexity index is 2400. The van der Waals surface area contributed by atoms with E-state index < -0.39 is 88.7 Å². The number of hydrogen-bond donors (Lipinski definition) is 5. The van der Waals surface area contributed by atoms with E-state index in [1.807, 2.05) is 0 Å². The molecule has 4 bridgehead atoms. The lowest BCUT2D eigenvalue weighted by Crippen LogP contribution is -2.46. The molecular formula is C47H62N4O13. The van der Waals surface area contributed by atoms with Crippen molar-refractivity contribution < 1.29 is 63.3 Å². The average Bonchev–Trinajstić information content (AvgIpc) is 3.76. The lowest BCUT2D eigenvalue weighted by molar-refractivity contribution is -0.160. The SMILES string of the molecule is COC(=O)CCCN1CCC2(CC1)N=c1c3c(O)c4c(O)c(C)c5c(c4c1=N2)C(=O)[C@@](C)(O/C=C/[C@H](OC)[C@@H](C)[C@@H](OC(C)=O)[C@H](C)[C@H](O)[C@H](C)[C@@H](O)[C@@H](C)/C=C/C=C(/C)C(=O)N3)O5. The van der Waals surface area contributed by atoms with Gasteiger partial charge in [-0.3, -0.25) is 29.2 Å². The van der Waals surface area contributed by atoms with Crippen LogP contribution < -0.4 is 20.8 Å². The molecule has 17 heteroatoms. The molecule has 1 amide bonds. The number of ether oxygens (including phenoxy) is 5. The first-order chi connectivity index (χ1) is 30.2. The van der Waals surface area contributed by atoms with Crippen LogP contribution in [0.25, 0.3) is 10.8 Å². The first-order valence-corrected chi connectivity index (χ1v) is 21.8. The topological polar surface area (TPSA) is 235 Å². The summed E-state index contributed by atoms with van der Waals surface area (Å²) < 4.78 is 28.8. The Hall–Kier alpha value is -5.36. The molecule has 1 fully saturated rings. The van der Waals surface area contributed by atoms with E-state index in [4.69, 9.17) is 33.7 Å². The van der Waals surface area contributed by atoms with Crippen LogP contribution in [0.1, 0.15) is 90.1 Å². The van der Waals surface area contributed by atoms with E-state index in [-0.39, 0.29) is 62.0 Å². The number of rotatable bonds is 6. The van der Waals surface area contributed by atoms with E-state index in [1.165, 1.54) is 47.3 Å². The Balaban J connectivity index is 1.50. The van der Waals surface area contributed by atoms with Gasteiger partial charge in [-0.25, -0.2) is 0 Å². The molecule has 1 spiro atoms. The number of piperidine rings is 1. The van der Waals surface area contributed by atoms with Crippen molar-refractivity contribution in [1.82, 2.24) is 4.90 Å². The number of ketones is 1. The highest BCUT2D eigenvalue weighted by molar-refractivity contribution is 6.19. The fraction of sp³-hybridized carbons (Fsp3) is 0.574. The number of anilines is 1. The highest BCUT2D eigenvalue weighted by Crippen LogP contribution is 2.50. The summed E-state index contributed by atoms with van der Waals surface area (Å²) in [5, 5.41) is 50.0. The van der Waals surface area contributed by atoms with Gasteiger partial charge in [0.05, 0.1) is 48.0 Å². The van der Waals surface area contributed by atoms with E-state index in [2.05, 4.69) is 10.2 Å². The standard InChI is InChI=1S/C47H62N4O13/c1-23-13-11-14-24(2)45(59)48-37-36-35(49-47(50-36)17-20-51(21-18-47)19-12-15-31(53)61-10)32-33(41(37)57)40(56)28(6)43-34(32)44(58)46(8,64-43)62-22-16-30(60-9)25(3)42(63-29(7)52)27(5)39(55)26(4)38(23)54/h11,13-14,16,22-23,25-27,30,38-39,42,54-57H,12,15,17-21H2,1-10H3,(H,48,59)/b13-11+,22-16+,24-14-/t23-,25+,26+,27+,30-,38-,39+,42+,46-/m0/s1. The number of aromatic hydroxyl groups is 2. The van der Waals surface area contributed by atoms with Crippen LogP contribution in [0.3, 0.4) is 0 Å². The van der Waals surface area contributed by atoms with Gasteiger partial charge in [-0.2, -0.15) is 0 Å². The zero-order valence-electron chi connectivity index (χ0n) is 38.3. The Morgan fingerprint density at radius 1 is 0.938 bits per heavy atom. The molecule has 17 nitrogen and oxygen atoms in total. The first-order valence-electron chi connectivity index (χ1n) is 21.8. The van der Waals surface area contributed by atoms with Crippen molar-refractivity contribution in [2.24, 2.45) is 33.7 Å². The average molecular weight is 891 g/mol. The Labute approximate surface area is 372 Å². The van der Waals surface area contributed by atoms with Gasteiger partial charge in [0.15, 0.2) is 11.4 Å².